The predicted molar refractivity (Wildman–Crippen MR) is 138 cm³/mol. The van der Waals surface area contributed by atoms with Gasteiger partial charge in [-0.1, -0.05) is 42.5 Å². The molecule has 0 unspecified atom stereocenters. The van der Waals surface area contributed by atoms with Crippen LogP contribution in [0.25, 0.3) is 66.0 Å². The summed E-state index contributed by atoms with van der Waals surface area (Å²) in [5.74, 6) is 0. The molecule has 3 aromatic carbocycles. The van der Waals surface area contributed by atoms with E-state index in [1.165, 1.54) is 16.3 Å². The van der Waals surface area contributed by atoms with Crippen molar-refractivity contribution >= 4 is 60.3 Å². The van der Waals surface area contributed by atoms with Crippen molar-refractivity contribution < 1.29 is 0 Å². The summed E-state index contributed by atoms with van der Waals surface area (Å²) in [5, 5.41) is 4.63. The molecule has 0 aliphatic rings. The molecule has 0 aliphatic carbocycles. The van der Waals surface area contributed by atoms with Crippen LogP contribution < -0.4 is 0 Å². The minimum absolute atomic E-state index is 0.922. The van der Waals surface area contributed by atoms with Gasteiger partial charge in [0.15, 0.2) is 0 Å². The molecule has 34 heavy (non-hydrogen) atoms. The van der Waals surface area contributed by atoms with E-state index in [9.17, 15) is 0 Å². The second-order valence-corrected chi connectivity index (χ2v) is 8.58. The lowest BCUT2D eigenvalue weighted by atomic mass is 10.0. The molecule has 0 amide bonds. The van der Waals surface area contributed by atoms with Crippen LogP contribution in [-0.2, 0) is 0 Å². The van der Waals surface area contributed by atoms with Crippen LogP contribution in [0.1, 0.15) is 0 Å². The maximum Gasteiger partial charge on any atom is 0.146 e. The lowest BCUT2D eigenvalue weighted by Crippen LogP contribution is -1.97. The number of fused-ring (bicyclic) bond motifs is 12. The van der Waals surface area contributed by atoms with Crippen molar-refractivity contribution in [2.24, 2.45) is 0 Å². The van der Waals surface area contributed by atoms with Crippen LogP contribution in [0.2, 0.25) is 0 Å². The van der Waals surface area contributed by atoms with Crippen LogP contribution >= 0.6 is 0 Å². The van der Waals surface area contributed by atoms with Gasteiger partial charge in [0, 0.05) is 39.6 Å². The zero-order valence-corrected chi connectivity index (χ0v) is 18.1. The van der Waals surface area contributed by atoms with Crippen LogP contribution in [0.4, 0.5) is 0 Å². The molecular formula is C29H17N5. The van der Waals surface area contributed by atoms with E-state index in [0.29, 0.717) is 0 Å². The highest BCUT2D eigenvalue weighted by Gasteiger charge is 2.20. The van der Waals surface area contributed by atoms with E-state index >= 15 is 0 Å². The molecule has 8 rings (SSSR count). The summed E-state index contributed by atoms with van der Waals surface area (Å²) in [5.41, 5.74) is 8.28. The first-order valence-corrected chi connectivity index (χ1v) is 11.3. The van der Waals surface area contributed by atoms with Crippen molar-refractivity contribution in [3.63, 3.8) is 0 Å². The molecular weight excluding hydrogens is 418 g/mol. The standard InChI is InChI=1S/C29H17N5/c1-2-7-18(8-3-1)33-23-10-5-4-9-19(23)20-12-13-21-26(28(20)33)27-24(11-6-15-31-27)34-25-17-30-16-14-22(25)32-29(21)34/h1-17H. The van der Waals surface area contributed by atoms with Gasteiger partial charge in [-0.3, -0.25) is 14.4 Å². The third-order valence-electron chi connectivity index (χ3n) is 6.81. The molecule has 0 spiro atoms. The van der Waals surface area contributed by atoms with E-state index in [2.05, 4.69) is 86.7 Å². The highest BCUT2D eigenvalue weighted by Crippen LogP contribution is 2.40. The maximum absolute atomic E-state index is 5.04. The van der Waals surface area contributed by atoms with Crippen LogP contribution in [0.5, 0.6) is 0 Å². The summed E-state index contributed by atoms with van der Waals surface area (Å²) in [7, 11) is 0. The van der Waals surface area contributed by atoms with E-state index in [1.54, 1.807) is 6.20 Å². The molecule has 158 valence electrons. The summed E-state index contributed by atoms with van der Waals surface area (Å²) in [6.45, 7) is 0. The Hall–Kier alpha value is -4.77. The Morgan fingerprint density at radius 1 is 0.618 bits per heavy atom. The molecule has 0 fully saturated rings. The number of rotatable bonds is 1. The fourth-order valence-corrected chi connectivity index (χ4v) is 5.45. The van der Waals surface area contributed by atoms with E-state index in [4.69, 9.17) is 9.97 Å². The third-order valence-corrected chi connectivity index (χ3v) is 6.81. The number of imidazole rings is 1. The minimum atomic E-state index is 0.922. The molecule has 5 heteroatoms. The van der Waals surface area contributed by atoms with E-state index < -0.39 is 0 Å². The Morgan fingerprint density at radius 3 is 2.38 bits per heavy atom. The van der Waals surface area contributed by atoms with Gasteiger partial charge in [-0.2, -0.15) is 0 Å². The second kappa shape index (κ2) is 6.39. The first-order valence-electron chi connectivity index (χ1n) is 11.3. The highest BCUT2D eigenvalue weighted by atomic mass is 15.0. The van der Waals surface area contributed by atoms with Crippen LogP contribution in [0, 0.1) is 0 Å². The summed E-state index contributed by atoms with van der Waals surface area (Å²) < 4.78 is 4.55. The number of hydrogen-bond donors (Lipinski definition) is 0. The topological polar surface area (TPSA) is 48.0 Å². The Kier molecular flexibility index (Phi) is 3.34. The summed E-state index contributed by atoms with van der Waals surface area (Å²) >= 11 is 0. The summed E-state index contributed by atoms with van der Waals surface area (Å²) in [6, 6.07) is 29.7. The molecule has 0 saturated carbocycles. The number of pyridine rings is 3. The molecule has 0 aliphatic heterocycles. The zero-order valence-electron chi connectivity index (χ0n) is 18.1. The number of aromatic nitrogens is 5. The highest BCUT2D eigenvalue weighted by molar-refractivity contribution is 6.27. The predicted octanol–water partition coefficient (Wildman–Crippen LogP) is 6.68. The molecule has 0 bridgehead atoms. The zero-order chi connectivity index (χ0) is 22.2. The van der Waals surface area contributed by atoms with Crippen molar-refractivity contribution in [2.75, 3.05) is 0 Å². The molecule has 0 N–H and O–H groups in total. The lowest BCUT2D eigenvalue weighted by molar-refractivity contribution is 1.19. The van der Waals surface area contributed by atoms with Gasteiger partial charge in [-0.15, -0.1) is 0 Å². The quantitative estimate of drug-likeness (QED) is 0.270. The largest absolute Gasteiger partial charge is 0.309 e. The van der Waals surface area contributed by atoms with E-state index in [-0.39, 0.29) is 0 Å². The minimum Gasteiger partial charge on any atom is -0.309 e. The molecule has 8 aromatic rings. The van der Waals surface area contributed by atoms with Gasteiger partial charge >= 0.3 is 0 Å². The average Bonchev–Trinajstić information content (AvgIpc) is 3.46. The van der Waals surface area contributed by atoms with Crippen molar-refractivity contribution in [3.8, 4) is 5.69 Å². The van der Waals surface area contributed by atoms with Crippen molar-refractivity contribution in [3.05, 3.63) is 104 Å². The lowest BCUT2D eigenvalue weighted by Gasteiger charge is -2.12. The molecule has 0 atom stereocenters. The van der Waals surface area contributed by atoms with Gasteiger partial charge in [0.05, 0.1) is 39.3 Å². The fourth-order valence-electron chi connectivity index (χ4n) is 5.45. The van der Waals surface area contributed by atoms with Gasteiger partial charge in [0.1, 0.15) is 5.65 Å². The monoisotopic (exact) mass is 435 g/mol. The van der Waals surface area contributed by atoms with Gasteiger partial charge in [0.25, 0.3) is 0 Å². The Labute approximate surface area is 193 Å². The van der Waals surface area contributed by atoms with Gasteiger partial charge in [-0.25, -0.2) is 4.98 Å². The van der Waals surface area contributed by atoms with Gasteiger partial charge in [0.2, 0.25) is 0 Å². The second-order valence-electron chi connectivity index (χ2n) is 8.58. The SMILES string of the molecule is c1ccc(-n2c3ccccc3c3ccc4c(c5ncccc5n5c6cnccc6nc45)c32)cc1. The van der Waals surface area contributed by atoms with Gasteiger partial charge < -0.3 is 4.57 Å². The average molecular weight is 435 g/mol. The molecule has 0 radical (unpaired) electrons. The Bertz CT molecular complexity index is 2070. The van der Waals surface area contributed by atoms with Crippen LogP contribution in [-0.4, -0.2) is 23.9 Å². The van der Waals surface area contributed by atoms with Crippen LogP contribution in [0.15, 0.2) is 104 Å². The molecule has 5 heterocycles. The third kappa shape index (κ3) is 2.16. The van der Waals surface area contributed by atoms with Gasteiger partial charge in [-0.05, 0) is 42.5 Å². The molecule has 0 saturated heterocycles. The molecule has 5 nitrogen and oxygen atoms in total. The number of para-hydroxylation sites is 2. The van der Waals surface area contributed by atoms with Crippen molar-refractivity contribution in [1.82, 2.24) is 23.9 Å². The number of hydrogen-bond acceptors (Lipinski definition) is 3. The fraction of sp³-hybridized carbons (Fsp3) is 0. The summed E-state index contributed by atoms with van der Waals surface area (Å²) in [4.78, 5) is 14.3. The first-order chi connectivity index (χ1) is 16.9. The maximum atomic E-state index is 5.04. The normalized spacial score (nSPS) is 12.1. The Balaban J connectivity index is 1.73. The van der Waals surface area contributed by atoms with E-state index in [1.807, 2.05) is 24.5 Å². The number of benzene rings is 3. The number of nitrogens with zero attached hydrogens (tertiary/aromatic N) is 5. The van der Waals surface area contributed by atoms with Crippen LogP contribution in [0.3, 0.4) is 0 Å². The van der Waals surface area contributed by atoms with Crippen molar-refractivity contribution in [1.29, 1.82) is 0 Å². The Morgan fingerprint density at radius 2 is 1.44 bits per heavy atom. The van der Waals surface area contributed by atoms with E-state index in [0.717, 1.165) is 49.7 Å². The first kappa shape index (κ1) is 17.7. The molecule has 5 aromatic heterocycles. The smallest absolute Gasteiger partial charge is 0.146 e. The summed E-state index contributed by atoms with van der Waals surface area (Å²) in [6.07, 6.45) is 5.55. The van der Waals surface area contributed by atoms with Crippen molar-refractivity contribution in [2.45, 2.75) is 0 Å².